The summed E-state index contributed by atoms with van der Waals surface area (Å²) in [6.45, 7) is 0.740. The fraction of sp³-hybridized carbons (Fsp3) is 0.353. The lowest BCUT2D eigenvalue weighted by molar-refractivity contribution is -0.121. The topological polar surface area (TPSA) is 29.1 Å². The molecule has 1 amide bonds. The first kappa shape index (κ1) is 13.6. The first-order chi connectivity index (χ1) is 9.34. The van der Waals surface area contributed by atoms with Gasteiger partial charge in [0.15, 0.2) is 0 Å². The standard InChI is InChI=1S/C17H21NO/c19-17(12-11-15-7-3-1-4-8-15)18-14-13-16-9-5-2-6-10-16/h1,3-5,7-10H,2,6,11-14H2,(H,18,19). The third-order valence-electron chi connectivity index (χ3n) is 3.29. The molecule has 0 saturated heterocycles. The highest BCUT2D eigenvalue weighted by atomic mass is 16.1. The zero-order valence-corrected chi connectivity index (χ0v) is 11.3. The molecule has 0 heterocycles. The molecular weight excluding hydrogens is 234 g/mol. The SMILES string of the molecule is O=C(CCc1ccccc1)NCCC1=CCCC=C1. The van der Waals surface area contributed by atoms with E-state index in [0.717, 1.165) is 32.2 Å². The van der Waals surface area contributed by atoms with Crippen molar-refractivity contribution in [3.05, 3.63) is 59.7 Å². The molecule has 1 aliphatic carbocycles. The number of amides is 1. The molecule has 1 N–H and O–H groups in total. The van der Waals surface area contributed by atoms with Crippen molar-refractivity contribution < 1.29 is 4.79 Å². The molecule has 19 heavy (non-hydrogen) atoms. The average Bonchev–Trinajstić information content (AvgIpc) is 2.47. The molecule has 1 aromatic rings. The summed E-state index contributed by atoms with van der Waals surface area (Å²) >= 11 is 0. The molecule has 0 atom stereocenters. The van der Waals surface area contributed by atoms with Gasteiger partial charge in [0, 0.05) is 13.0 Å². The van der Waals surface area contributed by atoms with E-state index in [1.807, 2.05) is 18.2 Å². The fourth-order valence-electron chi connectivity index (χ4n) is 2.19. The molecule has 2 heteroatoms. The maximum Gasteiger partial charge on any atom is 0.220 e. The van der Waals surface area contributed by atoms with Crippen LogP contribution in [0.15, 0.2) is 54.1 Å². The summed E-state index contributed by atoms with van der Waals surface area (Å²) in [7, 11) is 0. The Kier molecular flexibility index (Phi) is 5.42. The Morgan fingerprint density at radius 1 is 1.11 bits per heavy atom. The Morgan fingerprint density at radius 3 is 2.68 bits per heavy atom. The maximum atomic E-state index is 11.7. The zero-order valence-electron chi connectivity index (χ0n) is 11.3. The van der Waals surface area contributed by atoms with Gasteiger partial charge in [0.25, 0.3) is 0 Å². The fourth-order valence-corrected chi connectivity index (χ4v) is 2.19. The van der Waals surface area contributed by atoms with Gasteiger partial charge in [-0.3, -0.25) is 4.79 Å². The van der Waals surface area contributed by atoms with Gasteiger partial charge in [-0.25, -0.2) is 0 Å². The largest absolute Gasteiger partial charge is 0.356 e. The van der Waals surface area contributed by atoms with Gasteiger partial charge < -0.3 is 5.32 Å². The van der Waals surface area contributed by atoms with E-state index < -0.39 is 0 Å². The second-order valence-electron chi connectivity index (χ2n) is 4.84. The normalized spacial score (nSPS) is 14.0. The minimum absolute atomic E-state index is 0.143. The lowest BCUT2D eigenvalue weighted by Gasteiger charge is -2.08. The molecule has 0 spiro atoms. The molecule has 0 fully saturated rings. The van der Waals surface area contributed by atoms with Crippen molar-refractivity contribution in [2.24, 2.45) is 0 Å². The summed E-state index contributed by atoms with van der Waals surface area (Å²) < 4.78 is 0. The molecule has 2 nitrogen and oxygen atoms in total. The first-order valence-corrected chi connectivity index (χ1v) is 7.01. The van der Waals surface area contributed by atoms with Crippen LogP contribution < -0.4 is 5.32 Å². The van der Waals surface area contributed by atoms with E-state index in [1.165, 1.54) is 11.1 Å². The van der Waals surface area contributed by atoms with E-state index >= 15 is 0 Å². The predicted octanol–water partition coefficient (Wildman–Crippen LogP) is 3.40. The number of rotatable bonds is 6. The Bertz CT molecular complexity index is 459. The number of hydrogen-bond donors (Lipinski definition) is 1. The lowest BCUT2D eigenvalue weighted by Crippen LogP contribution is -2.24. The van der Waals surface area contributed by atoms with Crippen LogP contribution in [0.25, 0.3) is 0 Å². The molecule has 0 unspecified atom stereocenters. The van der Waals surface area contributed by atoms with Crippen molar-refractivity contribution in [1.82, 2.24) is 5.32 Å². The molecule has 1 aromatic carbocycles. The van der Waals surface area contributed by atoms with Crippen molar-refractivity contribution in [3.8, 4) is 0 Å². The maximum absolute atomic E-state index is 11.7. The van der Waals surface area contributed by atoms with Crippen LogP contribution >= 0.6 is 0 Å². The number of carbonyl (C=O) groups excluding carboxylic acids is 1. The van der Waals surface area contributed by atoms with E-state index in [0.29, 0.717) is 6.42 Å². The minimum atomic E-state index is 0.143. The van der Waals surface area contributed by atoms with Crippen LogP contribution in [-0.4, -0.2) is 12.5 Å². The van der Waals surface area contributed by atoms with Gasteiger partial charge in [0.1, 0.15) is 0 Å². The summed E-state index contributed by atoms with van der Waals surface area (Å²) in [5, 5.41) is 2.99. The van der Waals surface area contributed by atoms with E-state index in [-0.39, 0.29) is 5.91 Å². The first-order valence-electron chi connectivity index (χ1n) is 7.01. The van der Waals surface area contributed by atoms with E-state index in [9.17, 15) is 4.79 Å². The summed E-state index contributed by atoms with van der Waals surface area (Å²) in [5.41, 5.74) is 2.56. The van der Waals surface area contributed by atoms with Gasteiger partial charge in [0.2, 0.25) is 5.91 Å². The number of nitrogens with one attached hydrogen (secondary N) is 1. The van der Waals surface area contributed by atoms with Crippen molar-refractivity contribution in [3.63, 3.8) is 0 Å². The highest BCUT2D eigenvalue weighted by molar-refractivity contribution is 5.76. The average molecular weight is 255 g/mol. The Hall–Kier alpha value is -1.83. The summed E-state index contributed by atoms with van der Waals surface area (Å²) in [6.07, 6.45) is 11.2. The van der Waals surface area contributed by atoms with Gasteiger partial charge in [-0.15, -0.1) is 0 Å². The molecular formula is C17H21NO. The number of hydrogen-bond acceptors (Lipinski definition) is 1. The number of carbonyl (C=O) groups is 1. The summed E-state index contributed by atoms with van der Waals surface area (Å²) in [6, 6.07) is 10.1. The molecule has 1 aliphatic rings. The molecule has 2 rings (SSSR count). The summed E-state index contributed by atoms with van der Waals surface area (Å²) in [4.78, 5) is 11.7. The van der Waals surface area contributed by atoms with E-state index in [1.54, 1.807) is 0 Å². The van der Waals surface area contributed by atoms with E-state index in [4.69, 9.17) is 0 Å². The smallest absolute Gasteiger partial charge is 0.220 e. The molecule has 0 radical (unpaired) electrons. The van der Waals surface area contributed by atoms with Gasteiger partial charge >= 0.3 is 0 Å². The third kappa shape index (κ3) is 5.12. The number of benzene rings is 1. The molecule has 0 bridgehead atoms. The van der Waals surface area contributed by atoms with Gasteiger partial charge in [-0.2, -0.15) is 0 Å². The number of aryl methyl sites for hydroxylation is 1. The second kappa shape index (κ2) is 7.57. The van der Waals surface area contributed by atoms with Crippen LogP contribution in [0.4, 0.5) is 0 Å². The molecule has 100 valence electrons. The van der Waals surface area contributed by atoms with Crippen LogP contribution in [0.3, 0.4) is 0 Å². The highest BCUT2D eigenvalue weighted by Gasteiger charge is 2.02. The van der Waals surface area contributed by atoms with Crippen LogP contribution in [0.1, 0.15) is 31.2 Å². The lowest BCUT2D eigenvalue weighted by atomic mass is 10.0. The Labute approximate surface area is 115 Å². The molecule has 0 aliphatic heterocycles. The Balaban J connectivity index is 1.62. The quantitative estimate of drug-likeness (QED) is 0.829. The Morgan fingerprint density at radius 2 is 1.95 bits per heavy atom. The van der Waals surface area contributed by atoms with Crippen LogP contribution in [0, 0.1) is 0 Å². The van der Waals surface area contributed by atoms with Crippen molar-refractivity contribution in [1.29, 1.82) is 0 Å². The molecule has 0 aromatic heterocycles. The summed E-state index contributed by atoms with van der Waals surface area (Å²) in [5.74, 6) is 0.143. The van der Waals surface area contributed by atoms with Crippen molar-refractivity contribution in [2.75, 3.05) is 6.54 Å². The highest BCUT2D eigenvalue weighted by Crippen LogP contribution is 2.12. The predicted molar refractivity (Wildman–Crippen MR) is 78.8 cm³/mol. The monoisotopic (exact) mass is 255 g/mol. The van der Waals surface area contributed by atoms with Crippen LogP contribution in [0.2, 0.25) is 0 Å². The van der Waals surface area contributed by atoms with Crippen molar-refractivity contribution in [2.45, 2.75) is 32.1 Å². The van der Waals surface area contributed by atoms with Gasteiger partial charge in [0.05, 0.1) is 0 Å². The third-order valence-corrected chi connectivity index (χ3v) is 3.29. The van der Waals surface area contributed by atoms with Crippen LogP contribution in [0.5, 0.6) is 0 Å². The van der Waals surface area contributed by atoms with Gasteiger partial charge in [-0.1, -0.05) is 54.1 Å². The number of allylic oxidation sites excluding steroid dienone is 3. The zero-order chi connectivity index (χ0) is 13.3. The van der Waals surface area contributed by atoms with Crippen LogP contribution in [-0.2, 0) is 11.2 Å². The minimum Gasteiger partial charge on any atom is -0.356 e. The van der Waals surface area contributed by atoms with E-state index in [2.05, 4.69) is 35.7 Å². The second-order valence-corrected chi connectivity index (χ2v) is 4.84. The van der Waals surface area contributed by atoms with Crippen molar-refractivity contribution >= 4 is 5.91 Å². The van der Waals surface area contributed by atoms with Gasteiger partial charge in [-0.05, 0) is 31.2 Å². The molecule has 0 saturated carbocycles.